The molecule has 4 nitrogen and oxygen atoms in total. The van der Waals surface area contributed by atoms with Crippen molar-refractivity contribution in [3.05, 3.63) is 18.3 Å². The zero-order chi connectivity index (χ0) is 13.8. The number of pyridine rings is 1. The van der Waals surface area contributed by atoms with E-state index in [0.29, 0.717) is 0 Å². The lowest BCUT2D eigenvalue weighted by molar-refractivity contribution is 0.131. The normalized spacial score (nSPS) is 10.4. The molecule has 4 heteroatoms. The van der Waals surface area contributed by atoms with Gasteiger partial charge in [-0.15, -0.1) is 0 Å². The van der Waals surface area contributed by atoms with Gasteiger partial charge in [0.1, 0.15) is 0 Å². The molecule has 0 amide bonds. The summed E-state index contributed by atoms with van der Waals surface area (Å²) < 4.78 is 11.2. The van der Waals surface area contributed by atoms with Crippen LogP contribution in [0.25, 0.3) is 0 Å². The Hall–Kier alpha value is -1.29. The second-order valence-electron chi connectivity index (χ2n) is 4.44. The SMILES string of the molecule is CCCCOCCCNc1ncccc1OCCC. The van der Waals surface area contributed by atoms with E-state index in [4.69, 9.17) is 9.47 Å². The molecule has 0 saturated heterocycles. The smallest absolute Gasteiger partial charge is 0.168 e. The summed E-state index contributed by atoms with van der Waals surface area (Å²) in [6, 6.07) is 3.84. The summed E-state index contributed by atoms with van der Waals surface area (Å²) in [7, 11) is 0. The van der Waals surface area contributed by atoms with Crippen molar-refractivity contribution < 1.29 is 9.47 Å². The maximum Gasteiger partial charge on any atom is 0.168 e. The molecule has 0 aromatic carbocycles. The maximum atomic E-state index is 5.64. The minimum atomic E-state index is 0.723. The highest BCUT2D eigenvalue weighted by atomic mass is 16.5. The Morgan fingerprint density at radius 2 is 1.95 bits per heavy atom. The van der Waals surface area contributed by atoms with Crippen LogP contribution in [-0.4, -0.2) is 31.3 Å². The molecule has 0 spiro atoms. The van der Waals surface area contributed by atoms with Gasteiger partial charge in [-0.05, 0) is 31.4 Å². The summed E-state index contributed by atoms with van der Waals surface area (Å²) in [5.74, 6) is 1.65. The largest absolute Gasteiger partial charge is 0.490 e. The Balaban J connectivity index is 2.21. The lowest BCUT2D eigenvalue weighted by atomic mass is 10.3. The molecule has 0 unspecified atom stereocenters. The number of nitrogens with zero attached hydrogens (tertiary/aromatic N) is 1. The summed E-state index contributed by atoms with van der Waals surface area (Å²) in [6.07, 6.45) is 6.08. The van der Waals surface area contributed by atoms with Gasteiger partial charge >= 0.3 is 0 Å². The number of hydrogen-bond donors (Lipinski definition) is 1. The minimum Gasteiger partial charge on any atom is -0.490 e. The monoisotopic (exact) mass is 266 g/mol. The van der Waals surface area contributed by atoms with Crippen molar-refractivity contribution in [3.8, 4) is 5.75 Å². The van der Waals surface area contributed by atoms with Crippen LogP contribution in [0.4, 0.5) is 5.82 Å². The highest BCUT2D eigenvalue weighted by Crippen LogP contribution is 2.20. The van der Waals surface area contributed by atoms with E-state index in [1.807, 2.05) is 12.1 Å². The van der Waals surface area contributed by atoms with Gasteiger partial charge in [0.25, 0.3) is 0 Å². The van der Waals surface area contributed by atoms with Gasteiger partial charge in [-0.1, -0.05) is 20.3 Å². The molecule has 0 aliphatic rings. The summed E-state index contributed by atoms with van der Waals surface area (Å²) >= 11 is 0. The molecule has 1 heterocycles. The second-order valence-corrected chi connectivity index (χ2v) is 4.44. The highest BCUT2D eigenvalue weighted by molar-refractivity contribution is 5.49. The first-order valence-electron chi connectivity index (χ1n) is 7.28. The fourth-order valence-electron chi connectivity index (χ4n) is 1.58. The fraction of sp³-hybridized carbons (Fsp3) is 0.667. The molecule has 0 fully saturated rings. The van der Waals surface area contributed by atoms with Crippen LogP contribution in [0, 0.1) is 0 Å². The Morgan fingerprint density at radius 1 is 1.11 bits per heavy atom. The standard InChI is InChI=1S/C15H26N2O2/c1-3-5-12-18-13-7-10-17-15-14(19-11-4-2)8-6-9-16-15/h6,8-9H,3-5,7,10-13H2,1-2H3,(H,16,17). The van der Waals surface area contributed by atoms with Crippen LogP contribution < -0.4 is 10.1 Å². The Labute approximate surface area is 116 Å². The number of rotatable bonds is 11. The van der Waals surface area contributed by atoms with Gasteiger partial charge in [-0.2, -0.15) is 0 Å². The van der Waals surface area contributed by atoms with Gasteiger partial charge in [0.15, 0.2) is 11.6 Å². The lowest BCUT2D eigenvalue weighted by Crippen LogP contribution is -2.09. The van der Waals surface area contributed by atoms with E-state index in [1.165, 1.54) is 6.42 Å². The minimum absolute atomic E-state index is 0.723. The second kappa shape index (κ2) is 10.6. The fourth-order valence-corrected chi connectivity index (χ4v) is 1.58. The van der Waals surface area contributed by atoms with E-state index in [9.17, 15) is 0 Å². The number of unbranched alkanes of at least 4 members (excludes halogenated alkanes) is 1. The van der Waals surface area contributed by atoms with E-state index in [0.717, 1.165) is 57.2 Å². The quantitative estimate of drug-likeness (QED) is 0.623. The molecule has 0 atom stereocenters. The first-order chi connectivity index (χ1) is 9.38. The average Bonchev–Trinajstić information content (AvgIpc) is 2.45. The van der Waals surface area contributed by atoms with Crippen LogP contribution >= 0.6 is 0 Å². The molecule has 19 heavy (non-hydrogen) atoms. The highest BCUT2D eigenvalue weighted by Gasteiger charge is 2.02. The molecule has 1 aromatic heterocycles. The molecule has 0 aliphatic heterocycles. The van der Waals surface area contributed by atoms with E-state index in [2.05, 4.69) is 24.1 Å². The third kappa shape index (κ3) is 7.01. The summed E-state index contributed by atoms with van der Waals surface area (Å²) in [5, 5.41) is 3.30. The average molecular weight is 266 g/mol. The molecule has 0 bridgehead atoms. The maximum absolute atomic E-state index is 5.64. The number of ether oxygens (including phenoxy) is 2. The van der Waals surface area contributed by atoms with E-state index >= 15 is 0 Å². The van der Waals surface area contributed by atoms with Crippen molar-refractivity contribution in [2.75, 3.05) is 31.7 Å². The number of aromatic nitrogens is 1. The third-order valence-corrected chi connectivity index (χ3v) is 2.63. The molecule has 1 rings (SSSR count). The van der Waals surface area contributed by atoms with Crippen molar-refractivity contribution >= 4 is 5.82 Å². The van der Waals surface area contributed by atoms with Crippen LogP contribution in [0.1, 0.15) is 39.5 Å². The molecule has 0 saturated carbocycles. The summed E-state index contributed by atoms with van der Waals surface area (Å²) in [5.41, 5.74) is 0. The molecule has 0 radical (unpaired) electrons. The van der Waals surface area contributed by atoms with Crippen LogP contribution in [-0.2, 0) is 4.74 Å². The molecule has 1 aromatic rings. The van der Waals surface area contributed by atoms with Crippen LogP contribution in [0.15, 0.2) is 18.3 Å². The first-order valence-corrected chi connectivity index (χ1v) is 7.28. The van der Waals surface area contributed by atoms with Crippen molar-refractivity contribution in [2.45, 2.75) is 39.5 Å². The Kier molecular flexibility index (Phi) is 8.81. The van der Waals surface area contributed by atoms with Gasteiger partial charge in [-0.25, -0.2) is 4.98 Å². The summed E-state index contributed by atoms with van der Waals surface area (Å²) in [6.45, 7) is 7.50. The Morgan fingerprint density at radius 3 is 2.74 bits per heavy atom. The van der Waals surface area contributed by atoms with E-state index in [-0.39, 0.29) is 0 Å². The van der Waals surface area contributed by atoms with E-state index in [1.54, 1.807) is 6.20 Å². The van der Waals surface area contributed by atoms with Crippen LogP contribution in [0.2, 0.25) is 0 Å². The zero-order valence-electron chi connectivity index (χ0n) is 12.2. The molecule has 0 aliphatic carbocycles. The lowest BCUT2D eigenvalue weighted by Gasteiger charge is -2.11. The third-order valence-electron chi connectivity index (χ3n) is 2.63. The predicted molar refractivity (Wildman–Crippen MR) is 78.9 cm³/mol. The Bertz CT molecular complexity index is 332. The van der Waals surface area contributed by atoms with Gasteiger partial charge in [0.05, 0.1) is 6.61 Å². The predicted octanol–water partition coefficient (Wildman–Crippen LogP) is 3.49. The molecular weight excluding hydrogens is 240 g/mol. The number of hydrogen-bond acceptors (Lipinski definition) is 4. The first kappa shape index (κ1) is 15.8. The molecule has 1 N–H and O–H groups in total. The van der Waals surface area contributed by atoms with Gasteiger partial charge in [0, 0.05) is 26.0 Å². The van der Waals surface area contributed by atoms with Crippen molar-refractivity contribution in [3.63, 3.8) is 0 Å². The van der Waals surface area contributed by atoms with Gasteiger partial charge in [-0.3, -0.25) is 0 Å². The van der Waals surface area contributed by atoms with Crippen LogP contribution in [0.3, 0.4) is 0 Å². The van der Waals surface area contributed by atoms with Crippen molar-refractivity contribution in [1.82, 2.24) is 4.98 Å². The number of anilines is 1. The van der Waals surface area contributed by atoms with Crippen LogP contribution in [0.5, 0.6) is 5.75 Å². The van der Waals surface area contributed by atoms with Crippen molar-refractivity contribution in [1.29, 1.82) is 0 Å². The molecule has 108 valence electrons. The number of nitrogens with one attached hydrogen (secondary N) is 1. The van der Waals surface area contributed by atoms with Crippen molar-refractivity contribution in [2.24, 2.45) is 0 Å². The van der Waals surface area contributed by atoms with Gasteiger partial charge in [0.2, 0.25) is 0 Å². The summed E-state index contributed by atoms with van der Waals surface area (Å²) in [4.78, 5) is 4.30. The van der Waals surface area contributed by atoms with Gasteiger partial charge < -0.3 is 14.8 Å². The zero-order valence-corrected chi connectivity index (χ0v) is 12.2. The topological polar surface area (TPSA) is 43.4 Å². The van der Waals surface area contributed by atoms with E-state index < -0.39 is 0 Å². The molecular formula is C15H26N2O2.